The minimum atomic E-state index is -0.0591. The van der Waals surface area contributed by atoms with Gasteiger partial charge in [0.05, 0.1) is 7.11 Å². The SMILES string of the molecule is COc1cccc(C(=O)c2cccc(N)c2)c1. The molecular formula is C14H13NO2. The molecule has 0 aromatic heterocycles. The Hall–Kier alpha value is -2.29. The Morgan fingerprint density at radius 3 is 2.35 bits per heavy atom. The summed E-state index contributed by atoms with van der Waals surface area (Å²) in [7, 11) is 1.57. The summed E-state index contributed by atoms with van der Waals surface area (Å²) in [6, 6.07) is 14.0. The Labute approximate surface area is 99.8 Å². The third-order valence-corrected chi connectivity index (χ3v) is 2.48. The number of benzene rings is 2. The Morgan fingerprint density at radius 2 is 1.71 bits per heavy atom. The van der Waals surface area contributed by atoms with Crippen LogP contribution in [0.5, 0.6) is 5.75 Å². The van der Waals surface area contributed by atoms with Crippen LogP contribution < -0.4 is 10.5 Å². The van der Waals surface area contributed by atoms with E-state index in [2.05, 4.69) is 0 Å². The van der Waals surface area contributed by atoms with Crippen molar-refractivity contribution in [3.63, 3.8) is 0 Å². The summed E-state index contributed by atoms with van der Waals surface area (Å²) < 4.78 is 5.09. The lowest BCUT2D eigenvalue weighted by molar-refractivity contribution is 0.103. The van der Waals surface area contributed by atoms with E-state index >= 15 is 0 Å². The lowest BCUT2D eigenvalue weighted by Crippen LogP contribution is -2.02. The summed E-state index contributed by atoms with van der Waals surface area (Å²) in [6.45, 7) is 0. The van der Waals surface area contributed by atoms with Gasteiger partial charge in [-0.05, 0) is 24.3 Å². The van der Waals surface area contributed by atoms with Crippen LogP contribution >= 0.6 is 0 Å². The molecule has 86 valence electrons. The third-order valence-electron chi connectivity index (χ3n) is 2.48. The molecule has 17 heavy (non-hydrogen) atoms. The second kappa shape index (κ2) is 4.70. The molecule has 0 fully saturated rings. The van der Waals surface area contributed by atoms with E-state index in [4.69, 9.17) is 10.5 Å². The summed E-state index contributed by atoms with van der Waals surface area (Å²) in [5.41, 5.74) is 7.41. The lowest BCUT2D eigenvalue weighted by Gasteiger charge is -2.04. The van der Waals surface area contributed by atoms with Crippen LogP contribution in [-0.4, -0.2) is 12.9 Å². The molecule has 0 spiro atoms. The van der Waals surface area contributed by atoms with Gasteiger partial charge in [0.25, 0.3) is 0 Å². The van der Waals surface area contributed by atoms with Crippen molar-refractivity contribution in [2.24, 2.45) is 0 Å². The van der Waals surface area contributed by atoms with E-state index in [-0.39, 0.29) is 5.78 Å². The minimum absolute atomic E-state index is 0.0591. The number of rotatable bonds is 3. The average Bonchev–Trinajstić information content (AvgIpc) is 2.38. The van der Waals surface area contributed by atoms with Crippen LogP contribution in [0.2, 0.25) is 0 Å². The normalized spacial score (nSPS) is 9.94. The van der Waals surface area contributed by atoms with Crippen LogP contribution in [0, 0.1) is 0 Å². The Kier molecular flexibility index (Phi) is 3.10. The lowest BCUT2D eigenvalue weighted by atomic mass is 10.0. The number of ether oxygens (including phenoxy) is 1. The van der Waals surface area contributed by atoms with E-state index in [1.807, 2.05) is 0 Å². The average molecular weight is 227 g/mol. The summed E-state index contributed by atoms with van der Waals surface area (Å²) in [5, 5.41) is 0. The third kappa shape index (κ3) is 2.45. The molecule has 0 amide bonds. The second-order valence-corrected chi connectivity index (χ2v) is 3.69. The molecule has 0 aliphatic heterocycles. The molecule has 2 aromatic rings. The number of nitrogen functional groups attached to an aromatic ring is 1. The first-order chi connectivity index (χ1) is 8.20. The number of anilines is 1. The van der Waals surface area contributed by atoms with E-state index < -0.39 is 0 Å². The van der Waals surface area contributed by atoms with Crippen molar-refractivity contribution in [1.29, 1.82) is 0 Å². The van der Waals surface area contributed by atoms with E-state index in [1.165, 1.54) is 0 Å². The number of ketones is 1. The van der Waals surface area contributed by atoms with Crippen LogP contribution in [0.3, 0.4) is 0 Å². The highest BCUT2D eigenvalue weighted by Gasteiger charge is 2.09. The van der Waals surface area contributed by atoms with Crippen molar-refractivity contribution in [1.82, 2.24) is 0 Å². The van der Waals surface area contributed by atoms with Crippen molar-refractivity contribution in [2.45, 2.75) is 0 Å². The Balaban J connectivity index is 2.36. The van der Waals surface area contributed by atoms with Gasteiger partial charge >= 0.3 is 0 Å². The summed E-state index contributed by atoms with van der Waals surface area (Å²) in [4.78, 5) is 12.2. The molecule has 0 atom stereocenters. The van der Waals surface area contributed by atoms with Crippen LogP contribution in [0.25, 0.3) is 0 Å². The molecule has 3 nitrogen and oxygen atoms in total. The number of carbonyl (C=O) groups excluding carboxylic acids is 1. The van der Waals surface area contributed by atoms with Gasteiger partial charge in [-0.15, -0.1) is 0 Å². The van der Waals surface area contributed by atoms with E-state index in [0.717, 1.165) is 0 Å². The summed E-state index contributed by atoms with van der Waals surface area (Å²) in [5.74, 6) is 0.607. The zero-order chi connectivity index (χ0) is 12.3. The fourth-order valence-electron chi connectivity index (χ4n) is 1.61. The van der Waals surface area contributed by atoms with Gasteiger partial charge in [-0.1, -0.05) is 24.3 Å². The number of carbonyl (C=O) groups is 1. The monoisotopic (exact) mass is 227 g/mol. The molecule has 0 aliphatic carbocycles. The first kappa shape index (κ1) is 11.2. The first-order valence-corrected chi connectivity index (χ1v) is 5.25. The van der Waals surface area contributed by atoms with Gasteiger partial charge in [-0.3, -0.25) is 4.79 Å². The molecule has 2 rings (SSSR count). The molecule has 3 heteroatoms. The van der Waals surface area contributed by atoms with Crippen molar-refractivity contribution < 1.29 is 9.53 Å². The molecular weight excluding hydrogens is 214 g/mol. The van der Waals surface area contributed by atoms with E-state index in [0.29, 0.717) is 22.6 Å². The highest BCUT2D eigenvalue weighted by atomic mass is 16.5. The van der Waals surface area contributed by atoms with Crippen LogP contribution in [0.1, 0.15) is 15.9 Å². The van der Waals surface area contributed by atoms with Gasteiger partial charge < -0.3 is 10.5 Å². The molecule has 0 unspecified atom stereocenters. The smallest absolute Gasteiger partial charge is 0.193 e. The molecule has 2 N–H and O–H groups in total. The quantitative estimate of drug-likeness (QED) is 0.647. The van der Waals surface area contributed by atoms with Crippen LogP contribution in [0.15, 0.2) is 48.5 Å². The topological polar surface area (TPSA) is 52.3 Å². The van der Waals surface area contributed by atoms with Crippen LogP contribution in [-0.2, 0) is 0 Å². The first-order valence-electron chi connectivity index (χ1n) is 5.25. The van der Waals surface area contributed by atoms with Gasteiger partial charge in [0.15, 0.2) is 5.78 Å². The zero-order valence-electron chi connectivity index (χ0n) is 9.51. The summed E-state index contributed by atoms with van der Waals surface area (Å²) >= 11 is 0. The molecule has 0 heterocycles. The van der Waals surface area contributed by atoms with Crippen molar-refractivity contribution in [3.8, 4) is 5.75 Å². The van der Waals surface area contributed by atoms with Crippen molar-refractivity contribution in [3.05, 3.63) is 59.7 Å². The van der Waals surface area contributed by atoms with Gasteiger partial charge in [0.1, 0.15) is 5.75 Å². The zero-order valence-corrected chi connectivity index (χ0v) is 9.51. The maximum absolute atomic E-state index is 12.2. The van der Waals surface area contributed by atoms with Gasteiger partial charge in [0, 0.05) is 16.8 Å². The minimum Gasteiger partial charge on any atom is -0.497 e. The molecule has 0 saturated carbocycles. The highest BCUT2D eigenvalue weighted by molar-refractivity contribution is 6.09. The molecule has 2 aromatic carbocycles. The second-order valence-electron chi connectivity index (χ2n) is 3.69. The van der Waals surface area contributed by atoms with Crippen molar-refractivity contribution >= 4 is 11.5 Å². The molecule has 0 aliphatic rings. The molecule has 0 bridgehead atoms. The van der Waals surface area contributed by atoms with E-state index in [1.54, 1.807) is 55.6 Å². The van der Waals surface area contributed by atoms with Crippen molar-refractivity contribution in [2.75, 3.05) is 12.8 Å². The standard InChI is InChI=1S/C14H13NO2/c1-17-13-7-3-5-11(9-13)14(16)10-4-2-6-12(15)8-10/h2-9H,15H2,1H3. The number of methoxy groups -OCH3 is 1. The maximum Gasteiger partial charge on any atom is 0.193 e. The number of hydrogen-bond acceptors (Lipinski definition) is 3. The van der Waals surface area contributed by atoms with Crippen LogP contribution in [0.4, 0.5) is 5.69 Å². The fourth-order valence-corrected chi connectivity index (χ4v) is 1.61. The van der Waals surface area contributed by atoms with Gasteiger partial charge in [-0.25, -0.2) is 0 Å². The predicted octanol–water partition coefficient (Wildman–Crippen LogP) is 2.51. The van der Waals surface area contributed by atoms with E-state index in [9.17, 15) is 4.79 Å². The Morgan fingerprint density at radius 1 is 1.06 bits per heavy atom. The number of nitrogens with two attached hydrogens (primary N) is 1. The highest BCUT2D eigenvalue weighted by Crippen LogP contribution is 2.17. The summed E-state index contributed by atoms with van der Waals surface area (Å²) in [6.07, 6.45) is 0. The molecule has 0 radical (unpaired) electrons. The maximum atomic E-state index is 12.2. The number of hydrogen-bond donors (Lipinski definition) is 1. The molecule has 0 saturated heterocycles. The van der Waals surface area contributed by atoms with Gasteiger partial charge in [-0.2, -0.15) is 0 Å². The fraction of sp³-hybridized carbons (Fsp3) is 0.0714. The Bertz CT molecular complexity index is 549. The van der Waals surface area contributed by atoms with Gasteiger partial charge in [0.2, 0.25) is 0 Å². The predicted molar refractivity (Wildman–Crippen MR) is 67.3 cm³/mol. The largest absolute Gasteiger partial charge is 0.497 e.